The van der Waals surface area contributed by atoms with E-state index in [2.05, 4.69) is 0 Å². The first-order chi connectivity index (χ1) is 9.08. The lowest BCUT2D eigenvalue weighted by Gasteiger charge is -2.17. The molecule has 1 aliphatic heterocycles. The second-order valence-electron chi connectivity index (χ2n) is 4.24. The van der Waals surface area contributed by atoms with Gasteiger partial charge in [-0.25, -0.2) is 18.0 Å². The van der Waals surface area contributed by atoms with Gasteiger partial charge in [-0.2, -0.15) is 0 Å². The van der Waals surface area contributed by atoms with Crippen molar-refractivity contribution >= 4 is 5.97 Å². The summed E-state index contributed by atoms with van der Waals surface area (Å²) in [6.07, 6.45) is -5.61. The fourth-order valence-corrected chi connectivity index (χ4v) is 2.10. The van der Waals surface area contributed by atoms with Crippen LogP contribution >= 0.6 is 0 Å². The predicted octanol–water partition coefficient (Wildman–Crippen LogP) is 2.94. The minimum absolute atomic E-state index is 0.271. The lowest BCUT2D eigenvalue weighted by molar-refractivity contribution is 0.0227. The summed E-state index contributed by atoms with van der Waals surface area (Å²) in [5, 5.41) is 0. The average molecular weight is 274 g/mol. The molecular formula is C13H13F3O3. The van der Waals surface area contributed by atoms with E-state index in [9.17, 15) is 18.0 Å². The van der Waals surface area contributed by atoms with Crippen molar-refractivity contribution in [1.82, 2.24) is 0 Å². The van der Waals surface area contributed by atoms with Crippen LogP contribution in [0, 0.1) is 0 Å². The molecule has 0 saturated heterocycles. The Hall–Kier alpha value is -1.72. The van der Waals surface area contributed by atoms with Crippen molar-refractivity contribution in [3.05, 3.63) is 29.3 Å². The maximum absolute atomic E-state index is 13.5. The van der Waals surface area contributed by atoms with Crippen LogP contribution in [0.3, 0.4) is 0 Å². The first kappa shape index (κ1) is 13.7. The highest BCUT2D eigenvalue weighted by Gasteiger charge is 2.37. The summed E-state index contributed by atoms with van der Waals surface area (Å²) >= 11 is 0. The summed E-state index contributed by atoms with van der Waals surface area (Å²) in [4.78, 5) is 11.6. The van der Waals surface area contributed by atoms with Crippen LogP contribution in [-0.2, 0) is 4.74 Å². The third kappa shape index (κ3) is 2.52. The third-order valence-corrected chi connectivity index (χ3v) is 3.06. The molecule has 3 nitrogen and oxygen atoms in total. The lowest BCUT2D eigenvalue weighted by Crippen LogP contribution is -2.22. The summed E-state index contributed by atoms with van der Waals surface area (Å²) in [5.74, 6) is -0.238. The number of alkyl halides is 3. The van der Waals surface area contributed by atoms with Crippen molar-refractivity contribution in [1.29, 1.82) is 0 Å². The Labute approximate surface area is 108 Å². The Kier molecular flexibility index (Phi) is 3.97. The Morgan fingerprint density at radius 3 is 2.74 bits per heavy atom. The molecule has 6 heteroatoms. The highest BCUT2D eigenvalue weighted by atomic mass is 19.2. The van der Waals surface area contributed by atoms with E-state index in [4.69, 9.17) is 9.47 Å². The Morgan fingerprint density at radius 2 is 2.11 bits per heavy atom. The molecule has 0 saturated carbocycles. The largest absolute Gasteiger partial charge is 0.496 e. The van der Waals surface area contributed by atoms with Crippen LogP contribution in [-0.4, -0.2) is 32.1 Å². The molecule has 1 aromatic carbocycles. The van der Waals surface area contributed by atoms with Gasteiger partial charge in [0, 0.05) is 12.0 Å². The number of cyclic esters (lactones) is 1. The van der Waals surface area contributed by atoms with Crippen molar-refractivity contribution in [2.75, 3.05) is 13.8 Å². The van der Waals surface area contributed by atoms with Crippen molar-refractivity contribution in [2.24, 2.45) is 0 Å². The minimum atomic E-state index is -2.21. The number of hydrogen-bond acceptors (Lipinski definition) is 3. The molecule has 0 aliphatic carbocycles. The van der Waals surface area contributed by atoms with Crippen LogP contribution in [0.25, 0.3) is 0 Å². The maximum atomic E-state index is 13.5. The molecule has 1 aliphatic rings. The van der Waals surface area contributed by atoms with Gasteiger partial charge in [-0.1, -0.05) is 6.07 Å². The second kappa shape index (κ2) is 5.50. The molecule has 0 aromatic heterocycles. The normalized spacial score (nSPS) is 20.6. The number of hydrogen-bond donors (Lipinski definition) is 0. The number of ether oxygens (including phenoxy) is 2. The molecule has 1 heterocycles. The molecule has 1 aromatic rings. The lowest BCUT2D eigenvalue weighted by atomic mass is 9.99. The van der Waals surface area contributed by atoms with Crippen LogP contribution in [0.2, 0.25) is 0 Å². The monoisotopic (exact) mass is 274 g/mol. The van der Waals surface area contributed by atoms with Gasteiger partial charge in [0.2, 0.25) is 0 Å². The number of methoxy groups -OCH3 is 1. The number of halogens is 3. The summed E-state index contributed by atoms with van der Waals surface area (Å²) < 4.78 is 48.5. The number of carbonyl (C=O) groups excluding carboxylic acids is 1. The Balaban J connectivity index is 2.25. The molecule has 19 heavy (non-hydrogen) atoms. The predicted molar refractivity (Wildman–Crippen MR) is 61.5 cm³/mol. The number of rotatable bonds is 5. The van der Waals surface area contributed by atoms with Crippen LogP contribution in [0.1, 0.15) is 28.4 Å². The molecule has 104 valence electrons. The van der Waals surface area contributed by atoms with E-state index < -0.39 is 37.5 Å². The van der Waals surface area contributed by atoms with E-state index in [-0.39, 0.29) is 5.56 Å². The highest BCUT2D eigenvalue weighted by Crippen LogP contribution is 2.40. The number of esters is 1. The van der Waals surface area contributed by atoms with Gasteiger partial charge < -0.3 is 9.47 Å². The maximum Gasteiger partial charge on any atom is 0.339 e. The van der Waals surface area contributed by atoms with E-state index in [1.54, 1.807) is 12.1 Å². The summed E-state index contributed by atoms with van der Waals surface area (Å²) in [6, 6.07) is 4.73. The highest BCUT2D eigenvalue weighted by molar-refractivity contribution is 5.95. The Bertz CT molecular complexity index is 478. The summed E-state index contributed by atoms with van der Waals surface area (Å²) in [5.41, 5.74) is 0.663. The molecule has 0 fully saturated rings. The first-order valence-corrected chi connectivity index (χ1v) is 5.80. The van der Waals surface area contributed by atoms with Crippen LogP contribution in [0.5, 0.6) is 5.75 Å². The molecule has 0 amide bonds. The first-order valence-electron chi connectivity index (χ1n) is 5.80. The SMILES string of the molecule is COc1cccc2c1C(CC(F)C(F)CF)OC2=O. The quantitative estimate of drug-likeness (QED) is 0.774. The van der Waals surface area contributed by atoms with Crippen LogP contribution in [0.4, 0.5) is 13.2 Å². The van der Waals surface area contributed by atoms with E-state index in [0.717, 1.165) is 0 Å². The average Bonchev–Trinajstić information content (AvgIpc) is 2.74. The van der Waals surface area contributed by atoms with Gasteiger partial charge in [0.25, 0.3) is 0 Å². The van der Waals surface area contributed by atoms with E-state index in [1.807, 2.05) is 0 Å². The van der Waals surface area contributed by atoms with Crippen molar-refractivity contribution in [3.63, 3.8) is 0 Å². The molecule has 0 spiro atoms. The van der Waals surface area contributed by atoms with Crippen molar-refractivity contribution in [2.45, 2.75) is 24.9 Å². The van der Waals surface area contributed by atoms with Gasteiger partial charge >= 0.3 is 5.97 Å². The van der Waals surface area contributed by atoms with E-state index in [1.165, 1.54) is 13.2 Å². The molecular weight excluding hydrogens is 261 g/mol. The topological polar surface area (TPSA) is 35.5 Å². The molecule has 0 N–H and O–H groups in total. The van der Waals surface area contributed by atoms with Crippen LogP contribution < -0.4 is 4.74 Å². The van der Waals surface area contributed by atoms with Gasteiger partial charge in [-0.05, 0) is 12.1 Å². The number of benzene rings is 1. The third-order valence-electron chi connectivity index (χ3n) is 3.06. The Morgan fingerprint density at radius 1 is 1.37 bits per heavy atom. The zero-order valence-electron chi connectivity index (χ0n) is 10.2. The van der Waals surface area contributed by atoms with E-state index in [0.29, 0.717) is 11.3 Å². The molecule has 2 rings (SSSR count). The molecule has 0 radical (unpaired) electrons. The smallest absolute Gasteiger partial charge is 0.339 e. The minimum Gasteiger partial charge on any atom is -0.496 e. The van der Waals surface area contributed by atoms with Crippen molar-refractivity contribution in [3.8, 4) is 5.75 Å². The molecule has 0 bridgehead atoms. The fraction of sp³-hybridized carbons (Fsp3) is 0.462. The van der Waals surface area contributed by atoms with Gasteiger partial charge in [-0.15, -0.1) is 0 Å². The zero-order chi connectivity index (χ0) is 14.0. The van der Waals surface area contributed by atoms with Gasteiger partial charge in [0.1, 0.15) is 24.7 Å². The molecule has 3 atom stereocenters. The standard InChI is InChI=1S/C13H13F3O3/c1-18-10-4-2-3-7-12(10)11(19-13(7)17)5-8(15)9(16)6-14/h2-4,8-9,11H,5-6H2,1H3. The molecule has 3 unspecified atom stereocenters. The zero-order valence-corrected chi connectivity index (χ0v) is 10.2. The van der Waals surface area contributed by atoms with Crippen LogP contribution in [0.15, 0.2) is 18.2 Å². The van der Waals surface area contributed by atoms with Gasteiger partial charge in [-0.3, -0.25) is 0 Å². The van der Waals surface area contributed by atoms with Gasteiger partial charge in [0.05, 0.1) is 12.7 Å². The van der Waals surface area contributed by atoms with E-state index >= 15 is 0 Å². The number of fused-ring (bicyclic) bond motifs is 1. The number of carbonyl (C=O) groups is 1. The fourth-order valence-electron chi connectivity index (χ4n) is 2.10. The van der Waals surface area contributed by atoms with Crippen molar-refractivity contribution < 1.29 is 27.4 Å². The van der Waals surface area contributed by atoms with Gasteiger partial charge in [0.15, 0.2) is 6.17 Å². The summed E-state index contributed by atoms with van der Waals surface area (Å²) in [7, 11) is 1.40. The second-order valence-corrected chi connectivity index (χ2v) is 4.24. The summed E-state index contributed by atoms with van der Waals surface area (Å²) in [6.45, 7) is -1.40.